The lowest BCUT2D eigenvalue weighted by atomic mass is 9.90. The van der Waals surface area contributed by atoms with Gasteiger partial charge in [0, 0.05) is 92.3 Å². The molecule has 0 aromatic heterocycles. The number of nitrogens with one attached hydrogen (secondary N) is 2. The topological polar surface area (TPSA) is 229 Å². The number of amides is 6. The van der Waals surface area contributed by atoms with Gasteiger partial charge in [-0.3, -0.25) is 38.4 Å². The Balaban J connectivity index is 1.92. The number of methoxy groups -OCH3 is 2. The molecule has 1 fully saturated rings. The maximum Gasteiger partial charge on any atom is 0.253 e. The summed E-state index contributed by atoms with van der Waals surface area (Å²) in [4.78, 5) is 89.3. The van der Waals surface area contributed by atoms with Crippen molar-refractivity contribution in [1.29, 1.82) is 0 Å². The van der Waals surface area contributed by atoms with Crippen molar-refractivity contribution in [3.63, 3.8) is 0 Å². The Hall–Kier alpha value is -4.40. The molecule has 19 nitrogen and oxygen atoms in total. The number of hydrazine groups is 1. The first kappa shape index (κ1) is 49.7. The van der Waals surface area contributed by atoms with E-state index in [0.717, 1.165) is 29.7 Å². The summed E-state index contributed by atoms with van der Waals surface area (Å²) < 4.78 is 14.5. The SMILES string of the molecule is CCC(C)C(C(CC(=O)N1CCCC1C(OC)C(C)C(=O)NCC(=O)NSCCCN(N)/C=C(\N)CN1C(=O)C=CC1=O)OC)N(C)C(=O)CN=C(N(C)C)N(C)C. The molecule has 20 heteroatoms. The van der Waals surface area contributed by atoms with Crippen molar-refractivity contribution < 1.29 is 38.2 Å². The van der Waals surface area contributed by atoms with Crippen LogP contribution < -0.4 is 21.6 Å². The molecular formula is C38H67N11O8S. The Bertz CT molecular complexity index is 1480. The summed E-state index contributed by atoms with van der Waals surface area (Å²) in [7, 11) is 12.2. The number of nitrogens with zero attached hydrogens (tertiary/aromatic N) is 7. The summed E-state index contributed by atoms with van der Waals surface area (Å²) in [6.45, 7) is 6.30. The molecule has 6 atom stereocenters. The highest BCUT2D eigenvalue weighted by atomic mass is 32.2. The number of likely N-dealkylation sites (tertiary alicyclic amines) is 1. The lowest BCUT2D eigenvalue weighted by molar-refractivity contribution is -0.145. The van der Waals surface area contributed by atoms with Crippen LogP contribution in [-0.2, 0) is 38.2 Å². The number of imide groups is 1. The Labute approximate surface area is 348 Å². The van der Waals surface area contributed by atoms with Crippen LogP contribution in [-0.4, -0.2) is 183 Å². The van der Waals surface area contributed by atoms with Gasteiger partial charge in [-0.2, -0.15) is 0 Å². The summed E-state index contributed by atoms with van der Waals surface area (Å²) in [5, 5.41) is 4.03. The fraction of sp³-hybridized carbons (Fsp3) is 0.711. The van der Waals surface area contributed by atoms with E-state index < -0.39 is 35.8 Å². The van der Waals surface area contributed by atoms with Gasteiger partial charge >= 0.3 is 0 Å². The lowest BCUT2D eigenvalue weighted by Gasteiger charge is -2.39. The Morgan fingerprint density at radius 3 is 2.26 bits per heavy atom. The number of hydrogen-bond donors (Lipinski definition) is 4. The van der Waals surface area contributed by atoms with E-state index >= 15 is 0 Å². The van der Waals surface area contributed by atoms with Gasteiger partial charge < -0.3 is 45.1 Å². The van der Waals surface area contributed by atoms with E-state index in [0.29, 0.717) is 37.6 Å². The quantitative estimate of drug-likeness (QED) is 0.0195. The van der Waals surface area contributed by atoms with Crippen molar-refractivity contribution in [2.45, 2.75) is 77.2 Å². The van der Waals surface area contributed by atoms with Crippen LogP contribution in [0, 0.1) is 11.8 Å². The summed E-state index contributed by atoms with van der Waals surface area (Å²) in [6, 6.07) is -0.763. The first-order valence-corrected chi connectivity index (χ1v) is 20.6. The predicted octanol–water partition coefficient (Wildman–Crippen LogP) is -0.443. The van der Waals surface area contributed by atoms with Gasteiger partial charge in [0.2, 0.25) is 23.6 Å². The summed E-state index contributed by atoms with van der Waals surface area (Å²) in [5.41, 5.74) is 6.17. The van der Waals surface area contributed by atoms with Crippen LogP contribution in [0.5, 0.6) is 0 Å². The van der Waals surface area contributed by atoms with E-state index in [1.54, 1.807) is 30.9 Å². The first-order valence-electron chi connectivity index (χ1n) is 19.6. The molecule has 0 aromatic carbocycles. The van der Waals surface area contributed by atoms with Crippen molar-refractivity contribution in [2.24, 2.45) is 28.4 Å². The standard InChI is InChI=1S/C38H67N11O8S/c1-11-25(2)35(46(8)34(54)22-42-38(44(4)5)45(6)7)29(56-9)20-33(53)48-18-12-14-28(48)36(57-10)26(3)37(55)41-21-30(50)43-58-19-13-17-47(40)23-27(39)24-49-31(51)15-16-32(49)52/h15-16,23,25-26,28-29,35-36H,11-14,17-22,24,39-40H2,1-10H3,(H,41,55)(H,43,50)/b27-23-. The Kier molecular flexibility index (Phi) is 21.0. The molecule has 0 aliphatic carbocycles. The molecule has 0 spiro atoms. The first-order chi connectivity index (χ1) is 27.4. The number of nitrogens with two attached hydrogens (primary N) is 2. The van der Waals surface area contributed by atoms with Crippen LogP contribution in [0.25, 0.3) is 0 Å². The molecule has 2 rings (SSSR count). The van der Waals surface area contributed by atoms with Crippen LogP contribution in [0.4, 0.5) is 0 Å². The van der Waals surface area contributed by atoms with Gasteiger partial charge in [-0.25, -0.2) is 10.8 Å². The molecule has 6 unspecified atom stereocenters. The molecule has 1 saturated heterocycles. The molecule has 2 aliphatic heterocycles. The molecule has 0 aromatic rings. The highest BCUT2D eigenvalue weighted by Gasteiger charge is 2.42. The Morgan fingerprint density at radius 1 is 1.05 bits per heavy atom. The highest BCUT2D eigenvalue weighted by Crippen LogP contribution is 2.29. The third-order valence-electron chi connectivity index (χ3n) is 10.3. The zero-order chi connectivity index (χ0) is 43.7. The molecular weight excluding hydrogens is 771 g/mol. The number of carbonyl (C=O) groups is 6. The third kappa shape index (κ3) is 14.8. The van der Waals surface area contributed by atoms with E-state index in [4.69, 9.17) is 21.1 Å². The van der Waals surface area contributed by atoms with Gasteiger partial charge in [-0.1, -0.05) is 39.1 Å². The van der Waals surface area contributed by atoms with Crippen LogP contribution in [0.1, 0.15) is 52.9 Å². The number of carbonyl (C=O) groups excluding carboxylic acids is 6. The van der Waals surface area contributed by atoms with E-state index in [-0.39, 0.29) is 67.5 Å². The van der Waals surface area contributed by atoms with Gasteiger partial charge in [0.15, 0.2) is 5.96 Å². The molecule has 2 aliphatic rings. The van der Waals surface area contributed by atoms with E-state index in [9.17, 15) is 28.8 Å². The molecule has 2 heterocycles. The van der Waals surface area contributed by atoms with Crippen LogP contribution in [0.3, 0.4) is 0 Å². The minimum atomic E-state index is -0.678. The van der Waals surface area contributed by atoms with E-state index in [1.807, 2.05) is 51.8 Å². The largest absolute Gasteiger partial charge is 0.399 e. The third-order valence-corrected chi connectivity index (χ3v) is 11.2. The Morgan fingerprint density at radius 2 is 1.69 bits per heavy atom. The monoisotopic (exact) mass is 837 g/mol. The highest BCUT2D eigenvalue weighted by molar-refractivity contribution is 7.97. The van der Waals surface area contributed by atoms with Gasteiger partial charge in [0.1, 0.15) is 6.54 Å². The zero-order valence-corrected chi connectivity index (χ0v) is 36.8. The van der Waals surface area contributed by atoms with Gasteiger partial charge in [0.25, 0.3) is 11.8 Å². The molecule has 6 amide bonds. The fourth-order valence-electron chi connectivity index (χ4n) is 7.16. The number of rotatable bonds is 23. The van der Waals surface area contributed by atoms with Crippen LogP contribution in [0.2, 0.25) is 0 Å². The molecule has 6 N–H and O–H groups in total. The van der Waals surface area contributed by atoms with Crippen LogP contribution in [0.15, 0.2) is 29.0 Å². The second-order valence-electron chi connectivity index (χ2n) is 15.0. The molecule has 0 saturated carbocycles. The van der Waals surface area contributed by atoms with Gasteiger partial charge in [-0.05, 0) is 25.2 Å². The van der Waals surface area contributed by atoms with Crippen molar-refractivity contribution in [1.82, 2.24) is 39.5 Å². The van der Waals surface area contributed by atoms with Gasteiger partial charge in [-0.15, -0.1) is 0 Å². The second kappa shape index (κ2) is 24.5. The summed E-state index contributed by atoms with van der Waals surface area (Å²) in [5.74, 6) is 4.48. The van der Waals surface area contributed by atoms with Crippen LogP contribution >= 0.6 is 11.9 Å². The predicted molar refractivity (Wildman–Crippen MR) is 223 cm³/mol. The van der Waals surface area contributed by atoms with E-state index in [2.05, 4.69) is 15.0 Å². The maximum absolute atomic E-state index is 14.0. The smallest absolute Gasteiger partial charge is 0.253 e. The normalized spacial score (nSPS) is 18.0. The average Bonchev–Trinajstić information content (AvgIpc) is 3.78. The lowest BCUT2D eigenvalue weighted by Crippen LogP contribution is -2.53. The molecule has 58 heavy (non-hydrogen) atoms. The molecule has 328 valence electrons. The number of hydrogen-bond acceptors (Lipinski definition) is 13. The van der Waals surface area contributed by atoms with Crippen molar-refractivity contribution in [3.05, 3.63) is 24.0 Å². The number of ether oxygens (including phenoxy) is 2. The fourth-order valence-corrected chi connectivity index (χ4v) is 7.77. The van der Waals surface area contributed by atoms with Crippen molar-refractivity contribution in [3.8, 4) is 0 Å². The van der Waals surface area contributed by atoms with Gasteiger partial charge in [0.05, 0.1) is 49.7 Å². The number of likely N-dealkylation sites (N-methyl/N-ethyl adjacent to an activating group) is 1. The molecule has 0 radical (unpaired) electrons. The second-order valence-corrected chi connectivity index (χ2v) is 15.9. The van der Waals surface area contributed by atoms with E-state index in [1.165, 1.54) is 30.5 Å². The molecule has 0 bridgehead atoms. The summed E-state index contributed by atoms with van der Waals surface area (Å²) >= 11 is 1.16. The van der Waals surface area contributed by atoms with Crippen molar-refractivity contribution in [2.75, 3.05) is 87.9 Å². The number of guanidine groups is 1. The summed E-state index contributed by atoms with van der Waals surface area (Å²) in [6.07, 6.45) is 5.33. The average molecular weight is 838 g/mol. The maximum atomic E-state index is 14.0. The minimum Gasteiger partial charge on any atom is -0.399 e. The number of aliphatic imine (C=N–C) groups is 1. The minimum absolute atomic E-state index is 0.0225. The zero-order valence-electron chi connectivity index (χ0n) is 35.9. The van der Waals surface area contributed by atoms with Crippen molar-refractivity contribution >= 4 is 53.4 Å².